The summed E-state index contributed by atoms with van der Waals surface area (Å²) in [6, 6.07) is 5.11. The average molecular weight is 373 g/mol. The highest BCUT2D eigenvalue weighted by molar-refractivity contribution is 5.83. The predicted octanol–water partition coefficient (Wildman–Crippen LogP) is 0.524. The Morgan fingerprint density at radius 1 is 1.26 bits per heavy atom. The zero-order chi connectivity index (χ0) is 19.3. The maximum atomic E-state index is 12.4. The van der Waals surface area contributed by atoms with Gasteiger partial charge in [0.05, 0.1) is 6.54 Å². The molecular weight excluding hydrogens is 346 g/mol. The molecule has 0 radical (unpaired) electrons. The molecule has 1 aromatic heterocycles. The normalized spacial score (nSPS) is 22.7. The summed E-state index contributed by atoms with van der Waals surface area (Å²) in [4.78, 5) is 43.6. The van der Waals surface area contributed by atoms with Gasteiger partial charge >= 0.3 is 6.03 Å². The number of nitrogens with two attached hydrogens (primary N) is 1. The summed E-state index contributed by atoms with van der Waals surface area (Å²) in [6.45, 7) is 2.55. The number of likely N-dealkylation sites (tertiary alicyclic amines) is 2. The first-order valence-corrected chi connectivity index (χ1v) is 9.46. The molecule has 1 atom stereocenters. The first-order valence-electron chi connectivity index (χ1n) is 9.46. The Balaban J connectivity index is 1.60. The van der Waals surface area contributed by atoms with Crippen molar-refractivity contribution in [2.75, 3.05) is 32.7 Å². The Hall–Kier alpha value is -2.64. The van der Waals surface area contributed by atoms with E-state index in [0.29, 0.717) is 32.6 Å². The summed E-state index contributed by atoms with van der Waals surface area (Å²) in [5.41, 5.74) is 5.97. The Labute approximate surface area is 159 Å². The Kier molecular flexibility index (Phi) is 5.93. The summed E-state index contributed by atoms with van der Waals surface area (Å²) in [6.07, 6.45) is 5.73. The Morgan fingerprint density at radius 2 is 2.11 bits per heavy atom. The number of nitrogens with one attached hydrogen (secondary N) is 1. The van der Waals surface area contributed by atoms with E-state index in [-0.39, 0.29) is 23.8 Å². The molecule has 0 aromatic carbocycles. The monoisotopic (exact) mass is 373 g/mol. The highest BCUT2D eigenvalue weighted by Gasteiger charge is 2.42. The number of primary amides is 1. The van der Waals surface area contributed by atoms with E-state index in [2.05, 4.69) is 10.3 Å². The van der Waals surface area contributed by atoms with Crippen LogP contribution in [0.4, 0.5) is 4.79 Å². The van der Waals surface area contributed by atoms with E-state index in [9.17, 15) is 14.4 Å². The third kappa shape index (κ3) is 4.96. The van der Waals surface area contributed by atoms with Crippen LogP contribution >= 0.6 is 0 Å². The van der Waals surface area contributed by atoms with Gasteiger partial charge in [0.2, 0.25) is 11.8 Å². The van der Waals surface area contributed by atoms with E-state index in [1.165, 1.54) is 0 Å². The van der Waals surface area contributed by atoms with E-state index >= 15 is 0 Å². The number of piperidine rings is 2. The van der Waals surface area contributed by atoms with Gasteiger partial charge in [0.15, 0.2) is 0 Å². The van der Waals surface area contributed by atoms with Gasteiger partial charge in [0.25, 0.3) is 0 Å². The van der Waals surface area contributed by atoms with Crippen LogP contribution in [0, 0.1) is 5.41 Å². The molecule has 3 N–H and O–H groups in total. The van der Waals surface area contributed by atoms with E-state index in [0.717, 1.165) is 31.4 Å². The van der Waals surface area contributed by atoms with Crippen molar-refractivity contribution >= 4 is 17.8 Å². The first-order chi connectivity index (χ1) is 13.0. The van der Waals surface area contributed by atoms with Gasteiger partial charge in [-0.1, -0.05) is 6.07 Å². The van der Waals surface area contributed by atoms with Crippen molar-refractivity contribution in [2.24, 2.45) is 11.1 Å². The lowest BCUT2D eigenvalue weighted by molar-refractivity contribution is -0.142. The molecule has 3 rings (SSSR count). The Bertz CT molecular complexity index is 696. The number of hydrogen-bond donors (Lipinski definition) is 2. The second-order valence-corrected chi connectivity index (χ2v) is 7.52. The number of carbonyl (C=O) groups is 3. The van der Waals surface area contributed by atoms with Gasteiger partial charge in [0.1, 0.15) is 0 Å². The summed E-state index contributed by atoms with van der Waals surface area (Å²) in [7, 11) is 0. The van der Waals surface area contributed by atoms with Crippen molar-refractivity contribution in [2.45, 2.75) is 32.1 Å². The van der Waals surface area contributed by atoms with E-state index < -0.39 is 6.03 Å². The summed E-state index contributed by atoms with van der Waals surface area (Å²) in [5, 5.41) is 2.36. The predicted molar refractivity (Wildman–Crippen MR) is 99.6 cm³/mol. The van der Waals surface area contributed by atoms with Crippen LogP contribution in [0.25, 0.3) is 0 Å². The van der Waals surface area contributed by atoms with Crippen molar-refractivity contribution in [1.29, 1.82) is 0 Å². The lowest BCUT2D eigenvalue weighted by atomic mass is 9.73. The third-order valence-electron chi connectivity index (χ3n) is 5.54. The number of hydrogen-bond acceptors (Lipinski definition) is 4. The fourth-order valence-corrected chi connectivity index (χ4v) is 4.13. The molecule has 4 amide bonds. The number of urea groups is 1. The molecule has 0 unspecified atom stereocenters. The molecule has 2 aliphatic rings. The van der Waals surface area contributed by atoms with Gasteiger partial charge < -0.3 is 20.9 Å². The standard InChI is InChI=1S/C19H27N5O3/c20-18(27)22-12-17(26)23-10-3-7-19(13-23)8-5-16(25)24(14-19)11-6-15-4-1-2-9-21-15/h1-2,4,9H,3,5-8,10-14H2,(H3,20,22,27)/t19-/m0/s1. The molecule has 146 valence electrons. The molecular formula is C19H27N5O3. The summed E-state index contributed by atoms with van der Waals surface area (Å²) >= 11 is 0. The van der Waals surface area contributed by atoms with Crippen molar-refractivity contribution in [1.82, 2.24) is 20.1 Å². The van der Waals surface area contributed by atoms with Crippen LogP contribution in [0.1, 0.15) is 31.4 Å². The molecule has 27 heavy (non-hydrogen) atoms. The minimum Gasteiger partial charge on any atom is -0.352 e. The van der Waals surface area contributed by atoms with E-state index in [1.54, 1.807) is 11.1 Å². The number of rotatable bonds is 5. The van der Waals surface area contributed by atoms with Crippen molar-refractivity contribution in [3.63, 3.8) is 0 Å². The van der Waals surface area contributed by atoms with Gasteiger partial charge in [-0.25, -0.2) is 4.79 Å². The van der Waals surface area contributed by atoms with Crippen LogP contribution in [0.2, 0.25) is 0 Å². The largest absolute Gasteiger partial charge is 0.352 e. The zero-order valence-electron chi connectivity index (χ0n) is 15.5. The number of aromatic nitrogens is 1. The molecule has 8 heteroatoms. The first kappa shape index (κ1) is 19.1. The van der Waals surface area contributed by atoms with Gasteiger partial charge in [-0.05, 0) is 31.4 Å². The third-order valence-corrected chi connectivity index (χ3v) is 5.54. The molecule has 0 saturated carbocycles. The van der Waals surface area contributed by atoms with Gasteiger partial charge in [0, 0.05) is 56.3 Å². The fourth-order valence-electron chi connectivity index (χ4n) is 4.13. The highest BCUT2D eigenvalue weighted by atomic mass is 16.2. The van der Waals surface area contributed by atoms with Crippen LogP contribution in [0.3, 0.4) is 0 Å². The maximum absolute atomic E-state index is 12.4. The van der Waals surface area contributed by atoms with Crippen molar-refractivity contribution < 1.29 is 14.4 Å². The van der Waals surface area contributed by atoms with E-state index in [1.807, 2.05) is 23.1 Å². The maximum Gasteiger partial charge on any atom is 0.312 e. The van der Waals surface area contributed by atoms with Crippen molar-refractivity contribution in [3.8, 4) is 0 Å². The topological polar surface area (TPSA) is 109 Å². The zero-order valence-corrected chi connectivity index (χ0v) is 15.5. The molecule has 0 bridgehead atoms. The molecule has 2 fully saturated rings. The molecule has 2 aliphatic heterocycles. The van der Waals surface area contributed by atoms with Crippen LogP contribution in [-0.2, 0) is 16.0 Å². The minimum atomic E-state index is -0.695. The number of pyridine rings is 1. The number of carbonyl (C=O) groups excluding carboxylic acids is 3. The SMILES string of the molecule is NC(=O)NCC(=O)N1CCC[C@]2(CCC(=O)N(CCc3ccccn3)C2)C1. The molecule has 1 aromatic rings. The van der Waals surface area contributed by atoms with Crippen LogP contribution < -0.4 is 11.1 Å². The lowest BCUT2D eigenvalue weighted by Gasteiger charge is -2.48. The number of amides is 4. The minimum absolute atomic E-state index is 0.0569. The smallest absolute Gasteiger partial charge is 0.312 e. The Morgan fingerprint density at radius 3 is 2.85 bits per heavy atom. The molecule has 8 nitrogen and oxygen atoms in total. The molecule has 1 spiro atoms. The van der Waals surface area contributed by atoms with Crippen LogP contribution in [0.15, 0.2) is 24.4 Å². The van der Waals surface area contributed by atoms with Crippen LogP contribution in [-0.4, -0.2) is 65.4 Å². The highest BCUT2D eigenvalue weighted by Crippen LogP contribution is 2.38. The second-order valence-electron chi connectivity index (χ2n) is 7.52. The van der Waals surface area contributed by atoms with Crippen LogP contribution in [0.5, 0.6) is 0 Å². The molecule has 0 aliphatic carbocycles. The van der Waals surface area contributed by atoms with Gasteiger partial charge in [-0.15, -0.1) is 0 Å². The number of nitrogens with zero attached hydrogens (tertiary/aromatic N) is 3. The van der Waals surface area contributed by atoms with Gasteiger partial charge in [-0.2, -0.15) is 0 Å². The second kappa shape index (κ2) is 8.37. The molecule has 2 saturated heterocycles. The van der Waals surface area contributed by atoms with Crippen molar-refractivity contribution in [3.05, 3.63) is 30.1 Å². The molecule has 3 heterocycles. The van der Waals surface area contributed by atoms with Gasteiger partial charge in [-0.3, -0.25) is 14.6 Å². The summed E-state index contributed by atoms with van der Waals surface area (Å²) in [5.74, 6) is 0.0558. The summed E-state index contributed by atoms with van der Waals surface area (Å²) < 4.78 is 0. The quantitative estimate of drug-likeness (QED) is 0.784. The fraction of sp³-hybridized carbons (Fsp3) is 0.579. The van der Waals surface area contributed by atoms with E-state index in [4.69, 9.17) is 5.73 Å². The average Bonchev–Trinajstić information content (AvgIpc) is 2.68. The lowest BCUT2D eigenvalue weighted by Crippen LogP contribution is -2.56.